The van der Waals surface area contributed by atoms with Crippen molar-refractivity contribution in [3.8, 4) is 0 Å². The first-order valence-electron chi connectivity index (χ1n) is 6.88. The van der Waals surface area contributed by atoms with Crippen LogP contribution in [0.1, 0.15) is 46.3 Å². The highest BCUT2D eigenvalue weighted by Crippen LogP contribution is 2.23. The zero-order valence-electron chi connectivity index (χ0n) is 11.9. The van der Waals surface area contributed by atoms with Crippen molar-refractivity contribution in [2.75, 3.05) is 6.54 Å². The maximum absolute atomic E-state index is 12.6. The monoisotopic (exact) mass is 259 g/mol. The van der Waals surface area contributed by atoms with Crippen molar-refractivity contribution < 1.29 is 9.59 Å². The fourth-order valence-electron chi connectivity index (χ4n) is 2.60. The number of nitrogens with one attached hydrogen (secondary N) is 1. The zero-order chi connectivity index (χ0) is 14.0. The summed E-state index contributed by atoms with van der Waals surface area (Å²) in [5.41, 5.74) is 4.27. The molecule has 0 aromatic heterocycles. The van der Waals surface area contributed by atoms with Gasteiger partial charge in [-0.1, -0.05) is 12.1 Å². The van der Waals surface area contributed by atoms with Gasteiger partial charge in [-0.2, -0.15) is 0 Å². The summed E-state index contributed by atoms with van der Waals surface area (Å²) < 4.78 is 0. The molecule has 1 aromatic rings. The van der Waals surface area contributed by atoms with Crippen LogP contribution in [0.4, 0.5) is 0 Å². The van der Waals surface area contributed by atoms with Crippen molar-refractivity contribution in [3.05, 3.63) is 34.4 Å². The van der Waals surface area contributed by atoms with Gasteiger partial charge in [0.2, 0.25) is 5.91 Å². The summed E-state index contributed by atoms with van der Waals surface area (Å²) in [5, 5.41) is 2.83. The summed E-state index contributed by atoms with van der Waals surface area (Å²) in [7, 11) is 0. The molecule has 0 radical (unpaired) electrons. The fourth-order valence-corrected chi connectivity index (χ4v) is 2.60. The van der Waals surface area contributed by atoms with Crippen molar-refractivity contribution in [2.24, 2.45) is 5.92 Å². The first-order chi connectivity index (χ1) is 9.00. The first kappa shape index (κ1) is 13.8. The SMILES string of the molecule is Cc1ccc(C(=O)C2CCCC(=O)NC2)c(C)c1C. The van der Waals surface area contributed by atoms with Crippen LogP contribution in [0.3, 0.4) is 0 Å². The van der Waals surface area contributed by atoms with E-state index >= 15 is 0 Å². The number of Topliss-reactive ketones (excluding diaryl/α,β-unsaturated/α-hetero) is 1. The van der Waals surface area contributed by atoms with Crippen LogP contribution in [0.5, 0.6) is 0 Å². The average Bonchev–Trinajstić information content (AvgIpc) is 2.60. The third kappa shape index (κ3) is 2.86. The van der Waals surface area contributed by atoms with Crippen LogP contribution in [0.2, 0.25) is 0 Å². The molecule has 1 atom stereocenters. The molecule has 3 nitrogen and oxygen atoms in total. The summed E-state index contributed by atoms with van der Waals surface area (Å²) in [5.74, 6) is 0.155. The van der Waals surface area contributed by atoms with Crippen LogP contribution in [0, 0.1) is 26.7 Å². The Kier molecular flexibility index (Phi) is 4.03. The van der Waals surface area contributed by atoms with Crippen LogP contribution >= 0.6 is 0 Å². The molecule has 1 fully saturated rings. The number of rotatable bonds is 2. The van der Waals surface area contributed by atoms with Crippen molar-refractivity contribution in [3.63, 3.8) is 0 Å². The van der Waals surface area contributed by atoms with Gasteiger partial charge in [0.15, 0.2) is 5.78 Å². The predicted octanol–water partition coefficient (Wildman–Crippen LogP) is 2.71. The minimum absolute atomic E-state index is 0.0621. The Bertz CT molecular complexity index is 520. The van der Waals surface area contributed by atoms with E-state index in [9.17, 15) is 9.59 Å². The molecule has 102 valence electrons. The minimum atomic E-state index is -0.0766. The average molecular weight is 259 g/mol. The van der Waals surface area contributed by atoms with E-state index in [0.29, 0.717) is 13.0 Å². The Morgan fingerprint density at radius 2 is 1.95 bits per heavy atom. The van der Waals surface area contributed by atoms with E-state index in [2.05, 4.69) is 19.2 Å². The Morgan fingerprint density at radius 1 is 1.21 bits per heavy atom. The van der Waals surface area contributed by atoms with Crippen molar-refractivity contribution in [1.82, 2.24) is 5.32 Å². The van der Waals surface area contributed by atoms with Crippen LogP contribution in [-0.2, 0) is 4.79 Å². The molecular formula is C16H21NO2. The van der Waals surface area contributed by atoms with E-state index in [-0.39, 0.29) is 17.6 Å². The van der Waals surface area contributed by atoms with Crippen LogP contribution in [0.25, 0.3) is 0 Å². The summed E-state index contributed by atoms with van der Waals surface area (Å²) in [6.07, 6.45) is 2.13. The lowest BCUT2D eigenvalue weighted by Crippen LogP contribution is -2.30. The molecule has 0 bridgehead atoms. The number of aryl methyl sites for hydroxylation is 1. The van der Waals surface area contributed by atoms with Gasteiger partial charge >= 0.3 is 0 Å². The molecule has 0 aliphatic carbocycles. The van der Waals surface area contributed by atoms with Gasteiger partial charge in [-0.05, 0) is 50.3 Å². The van der Waals surface area contributed by atoms with E-state index in [1.807, 2.05) is 19.1 Å². The highest BCUT2D eigenvalue weighted by Gasteiger charge is 2.24. The number of ketones is 1. The lowest BCUT2D eigenvalue weighted by molar-refractivity contribution is -0.120. The zero-order valence-corrected chi connectivity index (χ0v) is 11.9. The van der Waals surface area contributed by atoms with E-state index in [0.717, 1.165) is 24.0 Å². The van der Waals surface area contributed by atoms with Crippen LogP contribution in [-0.4, -0.2) is 18.2 Å². The lowest BCUT2D eigenvalue weighted by atomic mass is 9.88. The van der Waals surface area contributed by atoms with E-state index in [1.165, 1.54) is 11.1 Å². The van der Waals surface area contributed by atoms with Crippen molar-refractivity contribution in [1.29, 1.82) is 0 Å². The summed E-state index contributed by atoms with van der Waals surface area (Å²) in [6, 6.07) is 3.93. The second-order valence-electron chi connectivity index (χ2n) is 5.44. The molecule has 1 aromatic carbocycles. The third-order valence-electron chi connectivity index (χ3n) is 4.20. The molecular weight excluding hydrogens is 238 g/mol. The topological polar surface area (TPSA) is 46.2 Å². The highest BCUT2D eigenvalue weighted by atomic mass is 16.1. The molecule has 1 amide bonds. The molecule has 1 saturated heterocycles. The Morgan fingerprint density at radius 3 is 2.68 bits per heavy atom. The van der Waals surface area contributed by atoms with Gasteiger partial charge < -0.3 is 5.32 Å². The normalized spacial score (nSPS) is 19.7. The first-order valence-corrected chi connectivity index (χ1v) is 6.88. The number of hydrogen-bond donors (Lipinski definition) is 1. The van der Waals surface area contributed by atoms with Gasteiger partial charge in [-0.15, -0.1) is 0 Å². The summed E-state index contributed by atoms with van der Waals surface area (Å²) in [4.78, 5) is 23.9. The highest BCUT2D eigenvalue weighted by molar-refractivity contribution is 6.00. The van der Waals surface area contributed by atoms with Gasteiger partial charge in [0.25, 0.3) is 0 Å². The van der Waals surface area contributed by atoms with Crippen molar-refractivity contribution in [2.45, 2.75) is 40.0 Å². The predicted molar refractivity (Wildman–Crippen MR) is 75.3 cm³/mol. The number of carbonyl (C=O) groups is 2. The maximum Gasteiger partial charge on any atom is 0.220 e. The molecule has 0 spiro atoms. The molecule has 1 aliphatic heterocycles. The second kappa shape index (κ2) is 5.55. The van der Waals surface area contributed by atoms with Gasteiger partial charge in [0.1, 0.15) is 0 Å². The maximum atomic E-state index is 12.6. The standard InChI is InChI=1S/C16H21NO2/c1-10-7-8-14(12(3)11(10)2)16(19)13-5-4-6-15(18)17-9-13/h7-8,13H,4-6,9H2,1-3H3,(H,17,18). The Balaban J connectivity index is 2.24. The van der Waals surface area contributed by atoms with E-state index in [4.69, 9.17) is 0 Å². The summed E-state index contributed by atoms with van der Waals surface area (Å²) in [6.45, 7) is 6.59. The van der Waals surface area contributed by atoms with Crippen LogP contribution in [0.15, 0.2) is 12.1 Å². The van der Waals surface area contributed by atoms with Gasteiger partial charge in [-0.25, -0.2) is 0 Å². The quantitative estimate of drug-likeness (QED) is 0.830. The molecule has 2 rings (SSSR count). The molecule has 1 heterocycles. The number of amides is 1. The van der Waals surface area contributed by atoms with Gasteiger partial charge in [-0.3, -0.25) is 9.59 Å². The number of benzene rings is 1. The molecule has 0 saturated carbocycles. The molecule has 1 aliphatic rings. The molecule has 1 unspecified atom stereocenters. The fraction of sp³-hybridized carbons (Fsp3) is 0.500. The Labute approximate surface area is 114 Å². The van der Waals surface area contributed by atoms with Crippen LogP contribution < -0.4 is 5.32 Å². The number of carbonyl (C=O) groups excluding carboxylic acids is 2. The second-order valence-corrected chi connectivity index (χ2v) is 5.44. The minimum Gasteiger partial charge on any atom is -0.355 e. The molecule has 3 heteroatoms. The van der Waals surface area contributed by atoms with Gasteiger partial charge in [0.05, 0.1) is 0 Å². The van der Waals surface area contributed by atoms with Gasteiger partial charge in [0, 0.05) is 24.4 Å². The smallest absolute Gasteiger partial charge is 0.220 e. The van der Waals surface area contributed by atoms with E-state index < -0.39 is 0 Å². The Hall–Kier alpha value is -1.64. The third-order valence-corrected chi connectivity index (χ3v) is 4.20. The molecule has 19 heavy (non-hydrogen) atoms. The lowest BCUT2D eigenvalue weighted by Gasteiger charge is -2.16. The van der Waals surface area contributed by atoms with Crippen molar-refractivity contribution >= 4 is 11.7 Å². The summed E-state index contributed by atoms with van der Waals surface area (Å²) >= 11 is 0. The van der Waals surface area contributed by atoms with E-state index in [1.54, 1.807) is 0 Å². The molecule has 1 N–H and O–H groups in total. The largest absolute Gasteiger partial charge is 0.355 e. The number of hydrogen-bond acceptors (Lipinski definition) is 2.